The molecule has 0 aromatic carbocycles. The Hall–Kier alpha value is -1.43. The van der Waals surface area contributed by atoms with Crippen molar-refractivity contribution in [1.82, 2.24) is 20.4 Å². The molecule has 18 heavy (non-hydrogen) atoms. The average Bonchev–Trinajstić information content (AvgIpc) is 2.75. The maximum absolute atomic E-state index is 11.4. The first-order valence-electron chi connectivity index (χ1n) is 6.48. The molecule has 100 valence electrons. The van der Waals surface area contributed by atoms with Gasteiger partial charge in [-0.2, -0.15) is 4.98 Å². The maximum Gasteiger partial charge on any atom is 0.223 e. The highest BCUT2D eigenvalue weighted by Gasteiger charge is 2.22. The second kappa shape index (κ2) is 5.95. The highest BCUT2D eigenvalue weighted by Crippen LogP contribution is 2.12. The van der Waals surface area contributed by atoms with Gasteiger partial charge in [-0.3, -0.25) is 9.69 Å². The summed E-state index contributed by atoms with van der Waals surface area (Å²) in [4.78, 5) is 17.8. The van der Waals surface area contributed by atoms with E-state index in [1.807, 2.05) is 6.92 Å². The summed E-state index contributed by atoms with van der Waals surface area (Å²) in [6.45, 7) is 6.23. The Morgan fingerprint density at radius 1 is 1.61 bits per heavy atom. The van der Waals surface area contributed by atoms with Gasteiger partial charge in [-0.25, -0.2) is 0 Å². The molecule has 2 rings (SSSR count). The molecule has 1 amide bonds. The molecule has 1 aromatic heterocycles. The summed E-state index contributed by atoms with van der Waals surface area (Å²) in [6.07, 6.45) is 2.68. The van der Waals surface area contributed by atoms with Gasteiger partial charge in [-0.05, 0) is 19.4 Å². The van der Waals surface area contributed by atoms with Crippen LogP contribution in [0.2, 0.25) is 0 Å². The Labute approximate surface area is 107 Å². The number of hydrogen-bond acceptors (Lipinski definition) is 5. The minimum Gasteiger partial charge on any atom is -0.352 e. The Morgan fingerprint density at radius 3 is 3.11 bits per heavy atom. The minimum absolute atomic E-state index is 0.122. The number of piperidine rings is 1. The highest BCUT2D eigenvalue weighted by atomic mass is 16.5. The van der Waals surface area contributed by atoms with Crippen molar-refractivity contribution >= 4 is 5.91 Å². The fourth-order valence-electron chi connectivity index (χ4n) is 2.25. The summed E-state index contributed by atoms with van der Waals surface area (Å²) in [6, 6.07) is 0.249. The quantitative estimate of drug-likeness (QED) is 0.861. The van der Waals surface area contributed by atoms with Gasteiger partial charge in [0.1, 0.15) is 0 Å². The van der Waals surface area contributed by atoms with Crippen molar-refractivity contribution in [3.05, 3.63) is 11.7 Å². The van der Waals surface area contributed by atoms with Crippen molar-refractivity contribution in [3.8, 4) is 0 Å². The fourth-order valence-corrected chi connectivity index (χ4v) is 2.25. The second-order valence-electron chi connectivity index (χ2n) is 4.72. The molecular formula is C12H20N4O2. The van der Waals surface area contributed by atoms with E-state index in [-0.39, 0.29) is 11.9 Å². The molecule has 1 saturated heterocycles. The SMILES string of the molecule is CCC(=O)N[C@@H]1CCCN(Cc2noc(C)n2)C1. The predicted molar refractivity (Wildman–Crippen MR) is 65.8 cm³/mol. The molecule has 0 aliphatic carbocycles. The van der Waals surface area contributed by atoms with Crippen molar-refractivity contribution in [3.63, 3.8) is 0 Å². The van der Waals surface area contributed by atoms with Crippen LogP contribution < -0.4 is 5.32 Å². The molecule has 6 heteroatoms. The number of likely N-dealkylation sites (tertiary alicyclic amines) is 1. The summed E-state index contributed by atoms with van der Waals surface area (Å²) in [5.74, 6) is 1.44. The molecule has 0 saturated carbocycles. The van der Waals surface area contributed by atoms with Crippen LogP contribution in [0, 0.1) is 6.92 Å². The number of carbonyl (C=O) groups excluding carboxylic acids is 1. The Kier molecular flexibility index (Phi) is 4.30. The molecule has 1 aliphatic heterocycles. The third-order valence-corrected chi connectivity index (χ3v) is 3.13. The van der Waals surface area contributed by atoms with E-state index in [2.05, 4.69) is 20.4 Å². The van der Waals surface area contributed by atoms with E-state index in [0.717, 1.165) is 31.8 Å². The van der Waals surface area contributed by atoms with Crippen LogP contribution in [0.25, 0.3) is 0 Å². The molecule has 0 spiro atoms. The van der Waals surface area contributed by atoms with E-state index < -0.39 is 0 Å². The summed E-state index contributed by atoms with van der Waals surface area (Å²) in [7, 11) is 0. The van der Waals surface area contributed by atoms with E-state index in [1.54, 1.807) is 6.92 Å². The first-order valence-corrected chi connectivity index (χ1v) is 6.48. The largest absolute Gasteiger partial charge is 0.352 e. The molecule has 1 atom stereocenters. The number of nitrogens with zero attached hydrogens (tertiary/aromatic N) is 3. The monoisotopic (exact) mass is 252 g/mol. The molecule has 6 nitrogen and oxygen atoms in total. The van der Waals surface area contributed by atoms with E-state index in [4.69, 9.17) is 4.52 Å². The molecule has 0 radical (unpaired) electrons. The van der Waals surface area contributed by atoms with Gasteiger partial charge in [0, 0.05) is 25.9 Å². The summed E-state index contributed by atoms with van der Waals surface area (Å²) in [5, 5.41) is 6.94. The van der Waals surface area contributed by atoms with E-state index >= 15 is 0 Å². The normalized spacial score (nSPS) is 20.9. The first-order chi connectivity index (χ1) is 8.67. The van der Waals surface area contributed by atoms with E-state index in [0.29, 0.717) is 18.9 Å². The fraction of sp³-hybridized carbons (Fsp3) is 0.750. The summed E-state index contributed by atoms with van der Waals surface area (Å²) in [5.41, 5.74) is 0. The van der Waals surface area contributed by atoms with Gasteiger partial charge in [0.05, 0.1) is 6.54 Å². The van der Waals surface area contributed by atoms with Gasteiger partial charge in [-0.15, -0.1) is 0 Å². The van der Waals surface area contributed by atoms with Crippen molar-refractivity contribution in [2.24, 2.45) is 0 Å². The molecule has 1 aromatic rings. The topological polar surface area (TPSA) is 71.3 Å². The predicted octanol–water partition coefficient (Wildman–Crippen LogP) is 0.869. The number of amides is 1. The van der Waals surface area contributed by atoms with Gasteiger partial charge in [-0.1, -0.05) is 12.1 Å². The van der Waals surface area contributed by atoms with Crippen LogP contribution in [0.4, 0.5) is 0 Å². The van der Waals surface area contributed by atoms with Gasteiger partial charge in [0.2, 0.25) is 11.8 Å². The van der Waals surface area contributed by atoms with Crippen molar-refractivity contribution < 1.29 is 9.32 Å². The highest BCUT2D eigenvalue weighted by molar-refractivity contribution is 5.75. The Morgan fingerprint density at radius 2 is 2.44 bits per heavy atom. The molecule has 1 N–H and O–H groups in total. The summed E-state index contributed by atoms with van der Waals surface area (Å²) >= 11 is 0. The minimum atomic E-state index is 0.122. The number of carbonyl (C=O) groups is 1. The standard InChI is InChI=1S/C12H20N4O2/c1-3-12(17)14-10-5-4-6-16(7-10)8-11-13-9(2)18-15-11/h10H,3-8H2,1-2H3,(H,14,17)/t10-/m1/s1. The van der Waals surface area contributed by atoms with Gasteiger partial charge in [0.25, 0.3) is 0 Å². The average molecular weight is 252 g/mol. The zero-order valence-electron chi connectivity index (χ0n) is 11.0. The van der Waals surface area contributed by atoms with E-state index in [9.17, 15) is 4.79 Å². The molecule has 0 unspecified atom stereocenters. The molecule has 0 bridgehead atoms. The zero-order chi connectivity index (χ0) is 13.0. The number of nitrogens with one attached hydrogen (secondary N) is 1. The van der Waals surface area contributed by atoms with Crippen LogP contribution in [0.1, 0.15) is 37.9 Å². The van der Waals surface area contributed by atoms with Crippen LogP contribution >= 0.6 is 0 Å². The number of aryl methyl sites for hydroxylation is 1. The van der Waals surface area contributed by atoms with Crippen molar-refractivity contribution in [1.29, 1.82) is 0 Å². The van der Waals surface area contributed by atoms with Gasteiger partial charge >= 0.3 is 0 Å². The van der Waals surface area contributed by atoms with Gasteiger partial charge in [0.15, 0.2) is 5.82 Å². The Balaban J connectivity index is 1.84. The van der Waals surface area contributed by atoms with Crippen LogP contribution in [-0.2, 0) is 11.3 Å². The van der Waals surface area contributed by atoms with Crippen LogP contribution in [0.5, 0.6) is 0 Å². The third-order valence-electron chi connectivity index (χ3n) is 3.13. The molecule has 1 fully saturated rings. The van der Waals surface area contributed by atoms with E-state index in [1.165, 1.54) is 0 Å². The number of rotatable bonds is 4. The van der Waals surface area contributed by atoms with Crippen LogP contribution in [0.3, 0.4) is 0 Å². The summed E-state index contributed by atoms with van der Waals surface area (Å²) < 4.78 is 4.96. The number of hydrogen-bond donors (Lipinski definition) is 1. The lowest BCUT2D eigenvalue weighted by molar-refractivity contribution is -0.121. The first kappa shape index (κ1) is 13.0. The Bertz CT molecular complexity index is 405. The zero-order valence-corrected chi connectivity index (χ0v) is 11.0. The van der Waals surface area contributed by atoms with Crippen LogP contribution in [0.15, 0.2) is 4.52 Å². The third kappa shape index (κ3) is 3.53. The smallest absolute Gasteiger partial charge is 0.223 e. The lowest BCUT2D eigenvalue weighted by Gasteiger charge is -2.32. The van der Waals surface area contributed by atoms with Crippen molar-refractivity contribution in [2.45, 2.75) is 45.7 Å². The molecule has 2 heterocycles. The lowest BCUT2D eigenvalue weighted by Crippen LogP contribution is -2.47. The molecule has 1 aliphatic rings. The van der Waals surface area contributed by atoms with Crippen LogP contribution in [-0.4, -0.2) is 40.1 Å². The number of aromatic nitrogens is 2. The maximum atomic E-state index is 11.4. The van der Waals surface area contributed by atoms with Crippen molar-refractivity contribution in [2.75, 3.05) is 13.1 Å². The molecular weight excluding hydrogens is 232 g/mol. The van der Waals surface area contributed by atoms with Gasteiger partial charge < -0.3 is 9.84 Å². The second-order valence-corrected chi connectivity index (χ2v) is 4.72. The lowest BCUT2D eigenvalue weighted by atomic mass is 10.1.